The van der Waals surface area contributed by atoms with Gasteiger partial charge >= 0.3 is 5.97 Å². The van der Waals surface area contributed by atoms with Crippen LogP contribution in [0.15, 0.2) is 16.6 Å². The number of carbonyl (C=O) groups is 1. The minimum Gasteiger partial charge on any atom is -0.478 e. The first kappa shape index (κ1) is 14.7. The van der Waals surface area contributed by atoms with Crippen molar-refractivity contribution in [1.82, 2.24) is 0 Å². The third-order valence-electron chi connectivity index (χ3n) is 3.41. The van der Waals surface area contributed by atoms with Crippen LogP contribution in [0.3, 0.4) is 0 Å². The molecule has 2 unspecified atom stereocenters. The van der Waals surface area contributed by atoms with Gasteiger partial charge in [0.1, 0.15) is 0 Å². The van der Waals surface area contributed by atoms with Crippen LogP contribution in [-0.2, 0) is 0 Å². The molecule has 0 radical (unpaired) electrons. The molecule has 1 aromatic rings. The maximum atomic E-state index is 14.1. The molecule has 104 valence electrons. The topological polar surface area (TPSA) is 49.3 Å². The molecule has 0 aromatic heterocycles. The zero-order valence-electron chi connectivity index (χ0n) is 10.5. The number of aromatic carboxylic acids is 1. The lowest BCUT2D eigenvalue weighted by Crippen LogP contribution is -2.26. The molecule has 6 heteroatoms. The van der Waals surface area contributed by atoms with Crippen LogP contribution in [0, 0.1) is 5.82 Å². The third kappa shape index (κ3) is 3.05. The Labute approximate surface area is 124 Å². The zero-order chi connectivity index (χ0) is 14.0. The Hall–Kier alpha value is -0.750. The van der Waals surface area contributed by atoms with E-state index in [4.69, 9.17) is 5.11 Å². The molecule has 2 N–H and O–H groups in total. The molecule has 1 saturated carbocycles. The Morgan fingerprint density at radius 2 is 2.26 bits per heavy atom. The summed E-state index contributed by atoms with van der Waals surface area (Å²) in [6.07, 6.45) is 5.35. The number of hydrogen-bond acceptors (Lipinski definition) is 3. The number of carboxylic acids is 1. The number of thioether (sulfide) groups is 1. The van der Waals surface area contributed by atoms with E-state index in [1.54, 1.807) is 11.8 Å². The van der Waals surface area contributed by atoms with Gasteiger partial charge in [-0.2, -0.15) is 11.8 Å². The molecule has 1 aliphatic carbocycles. The summed E-state index contributed by atoms with van der Waals surface area (Å²) in [6, 6.07) is 3.16. The van der Waals surface area contributed by atoms with Crippen molar-refractivity contribution in [1.29, 1.82) is 0 Å². The minimum atomic E-state index is -1.14. The first-order valence-corrected chi connectivity index (χ1v) is 8.13. The summed E-state index contributed by atoms with van der Waals surface area (Å²) in [5.41, 5.74) is 0.304. The van der Waals surface area contributed by atoms with Gasteiger partial charge < -0.3 is 10.4 Å². The Morgan fingerprint density at radius 1 is 1.53 bits per heavy atom. The number of hydrogen-bond donors (Lipinski definition) is 2. The molecule has 0 spiro atoms. The van der Waals surface area contributed by atoms with Crippen molar-refractivity contribution >= 4 is 39.3 Å². The van der Waals surface area contributed by atoms with E-state index in [1.807, 2.05) is 0 Å². The lowest BCUT2D eigenvalue weighted by molar-refractivity contribution is 0.0695. The molecule has 1 fully saturated rings. The summed E-state index contributed by atoms with van der Waals surface area (Å²) in [7, 11) is 0. The maximum Gasteiger partial charge on any atom is 0.336 e. The predicted octanol–water partition coefficient (Wildman–Crippen LogP) is 3.98. The molecule has 2 atom stereocenters. The average Bonchev–Trinajstić information content (AvgIpc) is 2.82. The summed E-state index contributed by atoms with van der Waals surface area (Å²) < 4.78 is 14.1. The average molecular weight is 348 g/mol. The van der Waals surface area contributed by atoms with Crippen molar-refractivity contribution in [3.05, 3.63) is 28.0 Å². The number of nitrogens with one attached hydrogen (secondary N) is 1. The first-order valence-electron chi connectivity index (χ1n) is 6.05. The fourth-order valence-corrected chi connectivity index (χ4v) is 3.85. The van der Waals surface area contributed by atoms with Crippen molar-refractivity contribution in [3.63, 3.8) is 0 Å². The highest BCUT2D eigenvalue weighted by Crippen LogP contribution is 2.33. The summed E-state index contributed by atoms with van der Waals surface area (Å²) >= 11 is 4.80. The molecular formula is C13H15BrFNO2S. The van der Waals surface area contributed by atoms with Gasteiger partial charge in [-0.1, -0.05) is 6.42 Å². The Balaban J connectivity index is 2.22. The Kier molecular flexibility index (Phi) is 4.73. The monoisotopic (exact) mass is 347 g/mol. The Morgan fingerprint density at radius 3 is 2.89 bits per heavy atom. The molecular weight excluding hydrogens is 333 g/mol. The van der Waals surface area contributed by atoms with Crippen LogP contribution in [0.1, 0.15) is 29.6 Å². The SMILES string of the molecule is CSC1CCCC1Nc1ccc(C(=O)O)c(Br)c1F. The molecule has 19 heavy (non-hydrogen) atoms. The first-order chi connectivity index (χ1) is 9.04. The van der Waals surface area contributed by atoms with Crippen molar-refractivity contribution in [3.8, 4) is 0 Å². The van der Waals surface area contributed by atoms with Crippen molar-refractivity contribution in [2.75, 3.05) is 11.6 Å². The van der Waals surface area contributed by atoms with Gasteiger partial charge in [-0.3, -0.25) is 0 Å². The molecule has 0 amide bonds. The van der Waals surface area contributed by atoms with E-state index >= 15 is 0 Å². The largest absolute Gasteiger partial charge is 0.478 e. The molecule has 0 aliphatic heterocycles. The second-order valence-corrected chi connectivity index (χ2v) is 6.42. The Bertz CT molecular complexity index is 498. The molecule has 2 rings (SSSR count). The molecule has 0 heterocycles. The minimum absolute atomic E-state index is 0.00342. The second-order valence-electron chi connectivity index (χ2n) is 4.55. The van der Waals surface area contributed by atoms with Crippen LogP contribution in [-0.4, -0.2) is 28.6 Å². The normalized spacial score (nSPS) is 22.5. The lowest BCUT2D eigenvalue weighted by Gasteiger charge is -2.21. The van der Waals surface area contributed by atoms with Crippen molar-refractivity contribution in [2.45, 2.75) is 30.6 Å². The highest BCUT2D eigenvalue weighted by Gasteiger charge is 2.27. The van der Waals surface area contributed by atoms with Crippen LogP contribution in [0.5, 0.6) is 0 Å². The van der Waals surface area contributed by atoms with E-state index in [9.17, 15) is 9.18 Å². The highest BCUT2D eigenvalue weighted by molar-refractivity contribution is 9.10. The zero-order valence-corrected chi connectivity index (χ0v) is 12.9. The second kappa shape index (κ2) is 6.13. The summed E-state index contributed by atoms with van der Waals surface area (Å²) in [5.74, 6) is -1.67. The standard InChI is InChI=1S/C13H15BrFNO2S/c1-19-10-4-2-3-8(10)16-9-6-5-7(13(17)18)11(14)12(9)15/h5-6,8,10,16H,2-4H2,1H3,(H,17,18). The van der Waals surface area contributed by atoms with Gasteiger partial charge in [0.25, 0.3) is 0 Å². The quantitative estimate of drug-likeness (QED) is 0.864. The van der Waals surface area contributed by atoms with Crippen LogP contribution >= 0.6 is 27.7 Å². The van der Waals surface area contributed by atoms with Crippen LogP contribution in [0.2, 0.25) is 0 Å². The van der Waals surface area contributed by atoms with Crippen LogP contribution in [0.4, 0.5) is 10.1 Å². The number of halogens is 2. The number of rotatable bonds is 4. The predicted molar refractivity (Wildman–Crippen MR) is 79.6 cm³/mol. The summed E-state index contributed by atoms with van der Waals surface area (Å²) in [6.45, 7) is 0. The van der Waals surface area contributed by atoms with Crippen molar-refractivity contribution in [2.24, 2.45) is 0 Å². The number of carboxylic acid groups (broad SMARTS) is 1. The van der Waals surface area contributed by atoms with Crippen LogP contribution < -0.4 is 5.32 Å². The van der Waals surface area contributed by atoms with Gasteiger partial charge in [0.05, 0.1) is 15.7 Å². The van der Waals surface area contributed by atoms with E-state index in [0.717, 1.165) is 19.3 Å². The highest BCUT2D eigenvalue weighted by atomic mass is 79.9. The van der Waals surface area contributed by atoms with E-state index < -0.39 is 11.8 Å². The number of anilines is 1. The van der Waals surface area contributed by atoms with E-state index in [2.05, 4.69) is 27.5 Å². The van der Waals surface area contributed by atoms with Gasteiger partial charge in [0.15, 0.2) is 5.82 Å². The fourth-order valence-electron chi connectivity index (χ4n) is 2.40. The van der Waals surface area contributed by atoms with Gasteiger partial charge in [-0.05, 0) is 47.2 Å². The van der Waals surface area contributed by atoms with E-state index in [0.29, 0.717) is 10.9 Å². The lowest BCUT2D eigenvalue weighted by atomic mass is 10.1. The summed E-state index contributed by atoms with van der Waals surface area (Å²) in [5, 5.41) is 12.6. The van der Waals surface area contributed by atoms with Gasteiger partial charge in [-0.15, -0.1) is 0 Å². The molecule has 0 saturated heterocycles. The third-order valence-corrected chi connectivity index (χ3v) is 5.35. The molecule has 1 aromatic carbocycles. The van der Waals surface area contributed by atoms with E-state index in [-0.39, 0.29) is 16.1 Å². The van der Waals surface area contributed by atoms with Gasteiger partial charge in [0, 0.05) is 11.3 Å². The number of benzene rings is 1. The maximum absolute atomic E-state index is 14.1. The summed E-state index contributed by atoms with van der Waals surface area (Å²) in [4.78, 5) is 10.9. The fraction of sp³-hybridized carbons (Fsp3) is 0.462. The van der Waals surface area contributed by atoms with Crippen molar-refractivity contribution < 1.29 is 14.3 Å². The van der Waals surface area contributed by atoms with Gasteiger partial charge in [-0.25, -0.2) is 9.18 Å². The molecule has 3 nitrogen and oxygen atoms in total. The van der Waals surface area contributed by atoms with Crippen LogP contribution in [0.25, 0.3) is 0 Å². The van der Waals surface area contributed by atoms with Gasteiger partial charge in [0.2, 0.25) is 0 Å². The van der Waals surface area contributed by atoms with E-state index in [1.165, 1.54) is 12.1 Å². The molecule has 1 aliphatic rings. The smallest absolute Gasteiger partial charge is 0.336 e. The molecule has 0 bridgehead atoms.